The van der Waals surface area contributed by atoms with Gasteiger partial charge in [-0.25, -0.2) is 4.79 Å². The van der Waals surface area contributed by atoms with E-state index in [-0.39, 0.29) is 24.5 Å². The third-order valence-corrected chi connectivity index (χ3v) is 9.94. The van der Waals surface area contributed by atoms with Gasteiger partial charge in [0.05, 0.1) is 25.4 Å². The molecule has 350 valence electrons. The van der Waals surface area contributed by atoms with E-state index < -0.39 is 127 Å². The van der Waals surface area contributed by atoms with Crippen molar-refractivity contribution in [3.05, 3.63) is 65.7 Å². The highest BCUT2D eigenvalue weighted by Gasteiger charge is 2.34. The number of aromatic hydroxyl groups is 1. The van der Waals surface area contributed by atoms with Crippen LogP contribution in [0.25, 0.3) is 0 Å². The molecule has 2 aromatic rings. The number of hydrogen-bond donors (Lipinski definition) is 12. The van der Waals surface area contributed by atoms with Crippen LogP contribution in [0.3, 0.4) is 0 Å². The maximum absolute atomic E-state index is 13.7. The fourth-order valence-corrected chi connectivity index (χ4v) is 5.90. The minimum atomic E-state index is -1.75. The van der Waals surface area contributed by atoms with Gasteiger partial charge in [0, 0.05) is 12.8 Å². The number of benzene rings is 2. The van der Waals surface area contributed by atoms with Crippen molar-refractivity contribution in [2.24, 2.45) is 17.6 Å². The molecule has 0 heterocycles. The zero-order valence-corrected chi connectivity index (χ0v) is 36.1. The van der Waals surface area contributed by atoms with Gasteiger partial charge in [-0.1, -0.05) is 76.6 Å². The molecule has 0 radical (unpaired) electrons. The van der Waals surface area contributed by atoms with Crippen LogP contribution >= 0.6 is 0 Å². The Morgan fingerprint density at radius 3 is 1.52 bits per heavy atom. The van der Waals surface area contributed by atoms with E-state index in [0.717, 1.165) is 0 Å². The second-order valence-corrected chi connectivity index (χ2v) is 15.5. The minimum Gasteiger partial charge on any atom is -0.508 e. The Hall–Kier alpha value is -7.10. The van der Waals surface area contributed by atoms with Gasteiger partial charge in [-0.05, 0) is 42.0 Å². The van der Waals surface area contributed by atoms with Crippen LogP contribution in [0.4, 0.5) is 0 Å². The Morgan fingerprint density at radius 1 is 0.562 bits per heavy atom. The van der Waals surface area contributed by atoms with Crippen molar-refractivity contribution in [1.29, 1.82) is 0 Å². The highest BCUT2D eigenvalue weighted by atomic mass is 16.4. The predicted molar refractivity (Wildman–Crippen MR) is 227 cm³/mol. The molecule has 0 aliphatic carbocycles. The molecule has 0 spiro atoms. The molecule has 0 fully saturated rings. The number of nitrogens with one attached hydrogen (secondary N) is 7. The van der Waals surface area contributed by atoms with Gasteiger partial charge in [-0.3, -0.25) is 43.2 Å². The summed E-state index contributed by atoms with van der Waals surface area (Å²) in [6, 6.07) is 3.62. The summed E-state index contributed by atoms with van der Waals surface area (Å²) in [6.07, 6.45) is -1.84. The van der Waals surface area contributed by atoms with Crippen LogP contribution in [0.1, 0.15) is 65.0 Å². The van der Waals surface area contributed by atoms with Crippen LogP contribution in [0.2, 0.25) is 0 Å². The van der Waals surface area contributed by atoms with Gasteiger partial charge in [0.15, 0.2) is 0 Å². The van der Waals surface area contributed by atoms with Gasteiger partial charge in [0.2, 0.25) is 41.4 Å². The van der Waals surface area contributed by atoms with Crippen molar-refractivity contribution in [3.8, 4) is 5.75 Å². The van der Waals surface area contributed by atoms with E-state index in [9.17, 15) is 68.4 Å². The van der Waals surface area contributed by atoms with E-state index in [0.29, 0.717) is 17.5 Å². The lowest BCUT2D eigenvalue weighted by atomic mass is 9.98. The molecule has 22 nitrogen and oxygen atoms in total. The van der Waals surface area contributed by atoms with Crippen molar-refractivity contribution in [3.63, 3.8) is 0 Å². The van der Waals surface area contributed by atoms with Crippen molar-refractivity contribution in [1.82, 2.24) is 37.2 Å². The van der Waals surface area contributed by atoms with Crippen molar-refractivity contribution < 1.29 is 68.4 Å². The average molecular weight is 899 g/mol. The van der Waals surface area contributed by atoms with E-state index >= 15 is 0 Å². The number of hydrogen-bond acceptors (Lipinski definition) is 12. The van der Waals surface area contributed by atoms with Crippen molar-refractivity contribution in [2.45, 2.75) is 109 Å². The first kappa shape index (κ1) is 53.0. The number of nitrogens with two attached hydrogens (primary N) is 1. The first-order chi connectivity index (χ1) is 30.0. The van der Waals surface area contributed by atoms with Gasteiger partial charge < -0.3 is 63.4 Å². The molecule has 0 aliphatic rings. The number of carboxylic acid groups (broad SMARTS) is 3. The second-order valence-electron chi connectivity index (χ2n) is 15.5. The first-order valence-corrected chi connectivity index (χ1v) is 20.3. The molecule has 0 saturated heterocycles. The molecule has 0 aromatic heterocycles. The number of phenolic OH excluding ortho intramolecular Hbond substituents is 1. The van der Waals surface area contributed by atoms with E-state index in [1.54, 1.807) is 58.0 Å². The Morgan fingerprint density at radius 2 is 1.02 bits per heavy atom. The number of carbonyl (C=O) groups is 10. The molecule has 8 atom stereocenters. The van der Waals surface area contributed by atoms with Crippen LogP contribution in [0, 0.1) is 11.8 Å². The van der Waals surface area contributed by atoms with Crippen LogP contribution in [0.5, 0.6) is 5.75 Å². The van der Waals surface area contributed by atoms with Gasteiger partial charge in [-0.2, -0.15) is 0 Å². The number of aliphatic carboxylic acids is 3. The quantitative estimate of drug-likeness (QED) is 0.0500. The molecule has 0 saturated carbocycles. The number of carboxylic acids is 3. The molecule has 2 rings (SSSR count). The highest BCUT2D eigenvalue weighted by Crippen LogP contribution is 2.13. The van der Waals surface area contributed by atoms with Crippen LogP contribution in [-0.4, -0.2) is 129 Å². The summed E-state index contributed by atoms with van der Waals surface area (Å²) < 4.78 is 0. The highest BCUT2D eigenvalue weighted by molar-refractivity contribution is 5.98. The summed E-state index contributed by atoms with van der Waals surface area (Å²) in [5, 5.41) is 54.7. The summed E-state index contributed by atoms with van der Waals surface area (Å²) in [4.78, 5) is 128. The molecule has 0 bridgehead atoms. The number of rotatable bonds is 26. The third-order valence-electron chi connectivity index (χ3n) is 9.94. The molecule has 0 unspecified atom stereocenters. The van der Waals surface area contributed by atoms with Gasteiger partial charge in [-0.15, -0.1) is 0 Å². The molecule has 7 amide bonds. The molecular weight excluding hydrogens is 841 g/mol. The number of phenols is 1. The lowest BCUT2D eigenvalue weighted by Crippen LogP contribution is -2.59. The fourth-order valence-electron chi connectivity index (χ4n) is 5.90. The summed E-state index contributed by atoms with van der Waals surface area (Å²) in [5.74, 6) is -12.0. The maximum Gasteiger partial charge on any atom is 0.326 e. The van der Waals surface area contributed by atoms with E-state index in [1.165, 1.54) is 31.2 Å². The summed E-state index contributed by atoms with van der Waals surface area (Å²) in [5.41, 5.74) is 6.82. The molecule has 64 heavy (non-hydrogen) atoms. The molecule has 0 aliphatic heterocycles. The second kappa shape index (κ2) is 25.7. The average Bonchev–Trinajstić information content (AvgIpc) is 3.23. The van der Waals surface area contributed by atoms with Crippen LogP contribution in [0.15, 0.2) is 54.6 Å². The Labute approximate surface area is 368 Å². The maximum atomic E-state index is 13.7. The SMILES string of the molecule is CC[C@H](C)[C@H](NC(=O)[C@H](CC(=O)O)NC(=O)[C@H](Cc1ccccc1)NC(=O)[C@H](C)NC(=O)CNC(=O)[C@H](Cc1ccc(O)cc1)NC(=O)[C@H](CC(=O)O)NC(=O)[C@@H](N)C(C)C)C(=O)O. The summed E-state index contributed by atoms with van der Waals surface area (Å²) >= 11 is 0. The zero-order valence-electron chi connectivity index (χ0n) is 36.1. The largest absolute Gasteiger partial charge is 0.508 e. The Kier molecular flexibility index (Phi) is 21.3. The fraction of sp³-hybridized carbons (Fsp3) is 0.476. The lowest BCUT2D eigenvalue weighted by molar-refractivity contribution is -0.145. The molecule has 13 N–H and O–H groups in total. The van der Waals surface area contributed by atoms with Crippen LogP contribution < -0.4 is 43.0 Å². The smallest absolute Gasteiger partial charge is 0.326 e. The number of carbonyl (C=O) groups excluding carboxylic acids is 7. The van der Waals surface area contributed by atoms with E-state index in [2.05, 4.69) is 37.2 Å². The topological polar surface area (TPSA) is 362 Å². The zero-order chi connectivity index (χ0) is 48.3. The molecular formula is C42H58N8O14. The molecule has 22 heteroatoms. The number of amides is 7. The standard InChI is InChI=1S/C42H58N8O14/c1-6-22(4)35(42(63)64)50-40(61)30(19-33(55)56)48-38(59)28(16-24-10-8-7-9-11-24)46-36(57)23(5)45-31(52)20-44-37(58)27(17-25-12-14-26(51)15-13-25)47-39(60)29(18-32(53)54)49-41(62)34(43)21(2)3/h7-15,21-23,27-30,34-35,51H,6,16-20,43H2,1-5H3,(H,44,58)(H,45,52)(H,46,57)(H,47,60)(H,48,59)(H,49,62)(H,50,61)(H,53,54)(H,55,56)(H,63,64)/t22-,23-,27-,28-,29-,30-,34-,35-/m0/s1. The minimum absolute atomic E-state index is 0.0979. The Bertz CT molecular complexity index is 1980. The monoisotopic (exact) mass is 898 g/mol. The van der Waals surface area contributed by atoms with E-state index in [1.807, 2.05) is 0 Å². The predicted octanol–water partition coefficient (Wildman–Crippen LogP) is -1.71. The first-order valence-electron chi connectivity index (χ1n) is 20.3. The van der Waals surface area contributed by atoms with Crippen molar-refractivity contribution >= 4 is 59.3 Å². The summed E-state index contributed by atoms with van der Waals surface area (Å²) in [7, 11) is 0. The summed E-state index contributed by atoms with van der Waals surface area (Å²) in [6.45, 7) is 7.03. The molecule has 2 aromatic carbocycles. The van der Waals surface area contributed by atoms with Gasteiger partial charge in [0.25, 0.3) is 0 Å². The van der Waals surface area contributed by atoms with Crippen LogP contribution in [-0.2, 0) is 60.8 Å². The lowest BCUT2D eigenvalue weighted by Gasteiger charge is -2.26. The normalized spacial score (nSPS) is 14.7. The van der Waals surface area contributed by atoms with E-state index in [4.69, 9.17) is 5.73 Å². The van der Waals surface area contributed by atoms with Crippen molar-refractivity contribution in [2.75, 3.05) is 6.54 Å². The Balaban J connectivity index is 2.23. The van der Waals surface area contributed by atoms with Gasteiger partial charge in [0.1, 0.15) is 42.0 Å². The third kappa shape index (κ3) is 18.1. The van der Waals surface area contributed by atoms with Gasteiger partial charge >= 0.3 is 17.9 Å².